The first-order valence-electron chi connectivity index (χ1n) is 11.2. The largest absolute Gasteiger partial charge is 0.464 e. The molecule has 1 aromatic heterocycles. The molecule has 5 heterocycles. The Labute approximate surface area is 177 Å². The van der Waals surface area contributed by atoms with Crippen LogP contribution in [0.5, 0.6) is 0 Å². The lowest BCUT2D eigenvalue weighted by molar-refractivity contribution is -0.142. The normalized spacial score (nSPS) is 32.8. The fourth-order valence-electron chi connectivity index (χ4n) is 5.63. The van der Waals surface area contributed by atoms with Gasteiger partial charge in [-0.2, -0.15) is 0 Å². The van der Waals surface area contributed by atoms with Gasteiger partial charge in [0.25, 0.3) is 0 Å². The van der Waals surface area contributed by atoms with E-state index in [1.165, 1.54) is 19.3 Å². The number of furan rings is 1. The maximum absolute atomic E-state index is 13.3. The number of nitrogens with zero attached hydrogens (tertiary/aromatic N) is 3. The Balaban J connectivity index is 1.27. The lowest BCUT2D eigenvalue weighted by Gasteiger charge is -2.29. The first kappa shape index (κ1) is 19.8. The highest BCUT2D eigenvalue weighted by molar-refractivity contribution is 5.93. The van der Waals surface area contributed by atoms with Crippen LogP contribution >= 0.6 is 0 Å². The fraction of sp³-hybridized carbons (Fsp3) is 0.652. The zero-order valence-electron chi connectivity index (χ0n) is 17.9. The van der Waals surface area contributed by atoms with Gasteiger partial charge in [0.1, 0.15) is 17.1 Å². The summed E-state index contributed by atoms with van der Waals surface area (Å²) >= 11 is 0. The van der Waals surface area contributed by atoms with Crippen molar-refractivity contribution in [3.8, 4) is 0 Å². The molecule has 7 heteroatoms. The van der Waals surface area contributed by atoms with Crippen LogP contribution in [0.1, 0.15) is 30.8 Å². The molecule has 3 fully saturated rings. The second-order valence-corrected chi connectivity index (χ2v) is 9.27. The minimum atomic E-state index is -0.633. The van der Waals surface area contributed by atoms with Gasteiger partial charge in [0.2, 0.25) is 11.8 Å². The zero-order valence-corrected chi connectivity index (χ0v) is 17.9. The molecule has 2 amide bonds. The summed E-state index contributed by atoms with van der Waals surface area (Å²) in [7, 11) is 1.77. The molecule has 4 atom stereocenters. The van der Waals surface area contributed by atoms with Crippen molar-refractivity contribution in [1.82, 2.24) is 14.7 Å². The number of rotatable bonds is 6. The monoisotopic (exact) mass is 413 g/mol. The molecule has 0 aromatic carbocycles. The molecular weight excluding hydrogens is 382 g/mol. The summed E-state index contributed by atoms with van der Waals surface area (Å²) in [6, 6.07) is 3.79. The van der Waals surface area contributed by atoms with E-state index < -0.39 is 17.4 Å². The van der Waals surface area contributed by atoms with Crippen LogP contribution < -0.4 is 0 Å². The van der Waals surface area contributed by atoms with Crippen molar-refractivity contribution in [2.75, 3.05) is 39.8 Å². The highest BCUT2D eigenvalue weighted by atomic mass is 16.5. The Morgan fingerprint density at radius 2 is 2.03 bits per heavy atom. The number of likely N-dealkylation sites (tertiary alicyclic amines) is 2. The van der Waals surface area contributed by atoms with Gasteiger partial charge in [-0.05, 0) is 45.0 Å². The topological polar surface area (TPSA) is 66.2 Å². The predicted octanol–water partition coefficient (Wildman–Crippen LogP) is 1.81. The Morgan fingerprint density at radius 1 is 1.23 bits per heavy atom. The SMILES string of the molecule is Cc1ccc(CN(C)C(=O)C2C3C(=O)N(CCN4CCCCC4)C[C@]34C=C[C@H]2O4)o1. The first-order valence-corrected chi connectivity index (χ1v) is 11.2. The number of piperidine rings is 1. The minimum Gasteiger partial charge on any atom is -0.464 e. The smallest absolute Gasteiger partial charge is 0.230 e. The van der Waals surface area contributed by atoms with E-state index in [0.29, 0.717) is 19.6 Å². The molecule has 0 aliphatic carbocycles. The third-order valence-electron chi connectivity index (χ3n) is 7.16. The molecule has 5 rings (SSSR count). The summed E-state index contributed by atoms with van der Waals surface area (Å²) in [4.78, 5) is 32.7. The van der Waals surface area contributed by atoms with E-state index in [2.05, 4.69) is 4.90 Å². The molecular formula is C23H31N3O4. The molecule has 4 aliphatic rings. The van der Waals surface area contributed by atoms with Crippen LogP contribution in [0.2, 0.25) is 0 Å². The summed E-state index contributed by atoms with van der Waals surface area (Å²) in [5.74, 6) is 0.728. The van der Waals surface area contributed by atoms with Gasteiger partial charge in [0.15, 0.2) is 0 Å². The van der Waals surface area contributed by atoms with Crippen molar-refractivity contribution in [3.05, 3.63) is 35.8 Å². The van der Waals surface area contributed by atoms with Crippen LogP contribution in [0.3, 0.4) is 0 Å². The first-order chi connectivity index (χ1) is 14.5. The van der Waals surface area contributed by atoms with E-state index in [0.717, 1.165) is 31.2 Å². The molecule has 0 N–H and O–H groups in total. The summed E-state index contributed by atoms with van der Waals surface area (Å²) in [6.07, 6.45) is 7.49. The third-order valence-corrected chi connectivity index (χ3v) is 7.16. The molecule has 3 saturated heterocycles. The van der Waals surface area contributed by atoms with Gasteiger partial charge in [-0.3, -0.25) is 9.59 Å². The lowest BCUT2D eigenvalue weighted by atomic mass is 9.76. The van der Waals surface area contributed by atoms with Crippen molar-refractivity contribution in [3.63, 3.8) is 0 Å². The van der Waals surface area contributed by atoms with Gasteiger partial charge < -0.3 is 23.9 Å². The molecule has 0 saturated carbocycles. The Kier molecular flexibility index (Phi) is 4.98. The van der Waals surface area contributed by atoms with Crippen molar-refractivity contribution in [2.24, 2.45) is 11.8 Å². The van der Waals surface area contributed by atoms with Crippen LogP contribution in [-0.4, -0.2) is 78.0 Å². The number of hydrogen-bond acceptors (Lipinski definition) is 5. The van der Waals surface area contributed by atoms with Crippen LogP contribution in [0.25, 0.3) is 0 Å². The summed E-state index contributed by atoms with van der Waals surface area (Å²) in [5.41, 5.74) is -0.633. The van der Waals surface area contributed by atoms with Crippen molar-refractivity contribution in [2.45, 2.75) is 44.4 Å². The molecule has 1 aromatic rings. The number of fused-ring (bicyclic) bond motifs is 1. The molecule has 7 nitrogen and oxygen atoms in total. The number of aryl methyl sites for hydroxylation is 1. The van der Waals surface area contributed by atoms with E-state index in [4.69, 9.17) is 9.15 Å². The molecule has 4 aliphatic heterocycles. The summed E-state index contributed by atoms with van der Waals surface area (Å²) in [6.45, 7) is 6.69. The van der Waals surface area contributed by atoms with Crippen molar-refractivity contribution < 1.29 is 18.7 Å². The number of ether oxygens (including phenoxy) is 1. The molecule has 1 spiro atoms. The third kappa shape index (κ3) is 3.28. The molecule has 30 heavy (non-hydrogen) atoms. The van der Waals surface area contributed by atoms with E-state index in [9.17, 15) is 9.59 Å². The summed E-state index contributed by atoms with van der Waals surface area (Å²) in [5, 5.41) is 0. The van der Waals surface area contributed by atoms with Gasteiger partial charge in [-0.15, -0.1) is 0 Å². The standard InChI is InChI=1S/C23H31N3O4/c1-16-6-7-17(29-16)14-24(2)21(27)19-18-8-9-23(30-18)15-26(22(28)20(19)23)13-12-25-10-4-3-5-11-25/h6-9,18-20H,3-5,10-15H2,1-2H3/t18-,19?,20?,23-/m1/s1. The number of hydrogen-bond donors (Lipinski definition) is 0. The Hall–Kier alpha value is -2.12. The Bertz CT molecular complexity index is 858. The Morgan fingerprint density at radius 3 is 2.77 bits per heavy atom. The van der Waals surface area contributed by atoms with Crippen LogP contribution in [0.15, 0.2) is 28.7 Å². The minimum absolute atomic E-state index is 0.0449. The van der Waals surface area contributed by atoms with Crippen molar-refractivity contribution >= 4 is 11.8 Å². The second-order valence-electron chi connectivity index (χ2n) is 9.27. The number of amides is 2. The number of carbonyl (C=O) groups is 2. The molecule has 162 valence electrons. The highest BCUT2D eigenvalue weighted by Crippen LogP contribution is 2.52. The van der Waals surface area contributed by atoms with E-state index >= 15 is 0 Å². The second kappa shape index (κ2) is 7.54. The van der Waals surface area contributed by atoms with Gasteiger partial charge in [0, 0.05) is 20.1 Å². The predicted molar refractivity (Wildman–Crippen MR) is 111 cm³/mol. The lowest BCUT2D eigenvalue weighted by Crippen LogP contribution is -2.45. The van der Waals surface area contributed by atoms with Crippen LogP contribution in [-0.2, 0) is 20.9 Å². The quantitative estimate of drug-likeness (QED) is 0.666. The van der Waals surface area contributed by atoms with E-state index in [-0.39, 0.29) is 17.9 Å². The molecule has 2 bridgehead atoms. The molecule has 2 unspecified atom stereocenters. The highest BCUT2D eigenvalue weighted by Gasteiger charge is 2.67. The molecule has 0 radical (unpaired) electrons. The fourth-order valence-corrected chi connectivity index (χ4v) is 5.63. The van der Waals surface area contributed by atoms with Crippen LogP contribution in [0.4, 0.5) is 0 Å². The zero-order chi connectivity index (χ0) is 20.9. The number of carbonyl (C=O) groups excluding carboxylic acids is 2. The van der Waals surface area contributed by atoms with Crippen molar-refractivity contribution in [1.29, 1.82) is 0 Å². The van der Waals surface area contributed by atoms with E-state index in [1.807, 2.05) is 36.1 Å². The maximum atomic E-state index is 13.3. The van der Waals surface area contributed by atoms with Crippen LogP contribution in [0, 0.1) is 18.8 Å². The van der Waals surface area contributed by atoms with Gasteiger partial charge in [0.05, 0.1) is 31.0 Å². The van der Waals surface area contributed by atoms with E-state index in [1.54, 1.807) is 11.9 Å². The van der Waals surface area contributed by atoms with Gasteiger partial charge in [-0.1, -0.05) is 18.6 Å². The summed E-state index contributed by atoms with van der Waals surface area (Å²) < 4.78 is 11.9. The van der Waals surface area contributed by atoms with Gasteiger partial charge >= 0.3 is 0 Å². The average Bonchev–Trinajstić information content (AvgIpc) is 3.48. The average molecular weight is 414 g/mol. The van der Waals surface area contributed by atoms with Gasteiger partial charge in [-0.25, -0.2) is 0 Å². The maximum Gasteiger partial charge on any atom is 0.230 e.